The highest BCUT2D eigenvalue weighted by atomic mass is 15.1. The van der Waals surface area contributed by atoms with Crippen LogP contribution in [0.2, 0.25) is 0 Å². The Hall–Kier alpha value is -0.0800. The second-order valence-corrected chi connectivity index (χ2v) is 7.45. The highest BCUT2D eigenvalue weighted by Crippen LogP contribution is 2.37. The van der Waals surface area contributed by atoms with Crippen molar-refractivity contribution >= 4 is 0 Å². The van der Waals surface area contributed by atoms with E-state index in [2.05, 4.69) is 24.2 Å². The van der Waals surface area contributed by atoms with Crippen LogP contribution in [0.25, 0.3) is 0 Å². The maximum atomic E-state index is 3.49. The van der Waals surface area contributed by atoms with Crippen molar-refractivity contribution in [3.05, 3.63) is 0 Å². The predicted molar refractivity (Wildman–Crippen MR) is 88.1 cm³/mol. The lowest BCUT2D eigenvalue weighted by Gasteiger charge is -2.41. The summed E-state index contributed by atoms with van der Waals surface area (Å²) >= 11 is 0. The van der Waals surface area contributed by atoms with Gasteiger partial charge in [0.25, 0.3) is 0 Å². The number of nitrogens with zero attached hydrogens (tertiary/aromatic N) is 1. The topological polar surface area (TPSA) is 15.3 Å². The third-order valence-corrected chi connectivity index (χ3v) is 5.66. The summed E-state index contributed by atoms with van der Waals surface area (Å²) in [7, 11) is 2.13. The Labute approximate surface area is 126 Å². The Kier molecular flexibility index (Phi) is 6.83. The van der Waals surface area contributed by atoms with E-state index in [4.69, 9.17) is 0 Å². The van der Waals surface area contributed by atoms with Crippen LogP contribution < -0.4 is 5.32 Å². The van der Waals surface area contributed by atoms with Gasteiger partial charge in [0.1, 0.15) is 0 Å². The van der Waals surface area contributed by atoms with Crippen LogP contribution in [0.3, 0.4) is 0 Å². The summed E-state index contributed by atoms with van der Waals surface area (Å²) < 4.78 is 0. The molecule has 2 fully saturated rings. The van der Waals surface area contributed by atoms with Crippen LogP contribution in [0.15, 0.2) is 0 Å². The minimum Gasteiger partial charge on any atom is -0.319 e. The molecule has 2 rings (SSSR count). The minimum absolute atomic E-state index is 0.581. The quantitative estimate of drug-likeness (QED) is 0.789. The van der Waals surface area contributed by atoms with Crippen molar-refractivity contribution < 1.29 is 0 Å². The molecule has 0 spiro atoms. The average molecular weight is 280 g/mol. The fourth-order valence-corrected chi connectivity index (χ4v) is 4.62. The summed E-state index contributed by atoms with van der Waals surface area (Å²) in [4.78, 5) is 2.80. The van der Waals surface area contributed by atoms with Crippen molar-refractivity contribution in [3.63, 3.8) is 0 Å². The Bertz CT molecular complexity index is 253. The van der Waals surface area contributed by atoms with E-state index in [0.29, 0.717) is 5.41 Å². The molecule has 1 aliphatic carbocycles. The minimum atomic E-state index is 0.581. The van der Waals surface area contributed by atoms with Gasteiger partial charge >= 0.3 is 0 Å². The van der Waals surface area contributed by atoms with Gasteiger partial charge in [-0.2, -0.15) is 0 Å². The molecular weight excluding hydrogens is 244 g/mol. The molecule has 1 unspecified atom stereocenters. The SMILES string of the molecule is CCCC1CCCN(CC2(CNC)CCCCC2)CC1. The summed E-state index contributed by atoms with van der Waals surface area (Å²) in [5.41, 5.74) is 0.581. The first-order valence-electron chi connectivity index (χ1n) is 9.15. The van der Waals surface area contributed by atoms with Gasteiger partial charge < -0.3 is 10.2 Å². The maximum Gasteiger partial charge on any atom is 0.00501 e. The molecule has 1 saturated carbocycles. The van der Waals surface area contributed by atoms with E-state index >= 15 is 0 Å². The van der Waals surface area contributed by atoms with Crippen molar-refractivity contribution in [1.82, 2.24) is 10.2 Å². The monoisotopic (exact) mass is 280 g/mol. The molecule has 2 heteroatoms. The number of nitrogens with one attached hydrogen (secondary N) is 1. The second kappa shape index (κ2) is 8.38. The molecule has 2 aliphatic rings. The van der Waals surface area contributed by atoms with E-state index in [1.807, 2.05) is 0 Å². The summed E-state index contributed by atoms with van der Waals surface area (Å²) in [6.07, 6.45) is 14.4. The van der Waals surface area contributed by atoms with Crippen LogP contribution in [0.5, 0.6) is 0 Å². The lowest BCUT2D eigenvalue weighted by Crippen LogP contribution is -2.45. The molecule has 1 heterocycles. The molecule has 0 amide bonds. The van der Waals surface area contributed by atoms with Crippen LogP contribution in [0.1, 0.15) is 71.1 Å². The van der Waals surface area contributed by atoms with Crippen LogP contribution in [-0.4, -0.2) is 38.1 Å². The van der Waals surface area contributed by atoms with Crippen molar-refractivity contribution in [2.45, 2.75) is 71.1 Å². The van der Waals surface area contributed by atoms with Gasteiger partial charge in [-0.05, 0) is 63.6 Å². The lowest BCUT2D eigenvalue weighted by molar-refractivity contribution is 0.105. The van der Waals surface area contributed by atoms with Crippen molar-refractivity contribution in [1.29, 1.82) is 0 Å². The number of hydrogen-bond acceptors (Lipinski definition) is 2. The van der Waals surface area contributed by atoms with Gasteiger partial charge in [0.2, 0.25) is 0 Å². The fourth-order valence-electron chi connectivity index (χ4n) is 4.62. The molecular formula is C18H36N2. The van der Waals surface area contributed by atoms with Gasteiger partial charge in [-0.15, -0.1) is 0 Å². The average Bonchev–Trinajstić information content (AvgIpc) is 2.66. The van der Waals surface area contributed by atoms with Crippen molar-refractivity contribution in [2.24, 2.45) is 11.3 Å². The largest absolute Gasteiger partial charge is 0.319 e. The van der Waals surface area contributed by atoms with E-state index in [-0.39, 0.29) is 0 Å². The normalized spacial score (nSPS) is 28.2. The van der Waals surface area contributed by atoms with Crippen LogP contribution in [0.4, 0.5) is 0 Å². The molecule has 1 aliphatic heterocycles. The van der Waals surface area contributed by atoms with Gasteiger partial charge in [0.05, 0.1) is 0 Å². The predicted octanol–water partition coefficient (Wildman–Crippen LogP) is 4.06. The molecule has 20 heavy (non-hydrogen) atoms. The zero-order valence-corrected chi connectivity index (χ0v) is 13.9. The van der Waals surface area contributed by atoms with Crippen LogP contribution in [-0.2, 0) is 0 Å². The zero-order chi connectivity index (χ0) is 14.3. The van der Waals surface area contributed by atoms with Crippen LogP contribution >= 0.6 is 0 Å². The highest BCUT2D eigenvalue weighted by Gasteiger charge is 2.33. The number of rotatable bonds is 6. The number of likely N-dealkylation sites (tertiary alicyclic amines) is 1. The fraction of sp³-hybridized carbons (Fsp3) is 1.00. The molecule has 118 valence electrons. The Morgan fingerprint density at radius 3 is 2.55 bits per heavy atom. The third-order valence-electron chi connectivity index (χ3n) is 5.66. The van der Waals surface area contributed by atoms with Crippen LogP contribution in [0, 0.1) is 11.3 Å². The van der Waals surface area contributed by atoms with E-state index < -0.39 is 0 Å². The Morgan fingerprint density at radius 2 is 1.85 bits per heavy atom. The van der Waals surface area contributed by atoms with Crippen molar-refractivity contribution in [2.75, 3.05) is 33.2 Å². The standard InChI is InChI=1S/C18H36N2/c1-3-8-17-9-7-13-20(14-10-17)16-18(15-19-2)11-5-4-6-12-18/h17,19H,3-16H2,1-2H3. The van der Waals surface area contributed by atoms with Gasteiger partial charge in [0.15, 0.2) is 0 Å². The molecule has 0 radical (unpaired) electrons. The second-order valence-electron chi connectivity index (χ2n) is 7.45. The van der Waals surface area contributed by atoms with Gasteiger partial charge in [0, 0.05) is 13.1 Å². The molecule has 0 aromatic heterocycles. The first-order chi connectivity index (χ1) is 9.78. The smallest absolute Gasteiger partial charge is 0.00501 e. The van der Waals surface area contributed by atoms with E-state index in [1.54, 1.807) is 0 Å². The first-order valence-corrected chi connectivity index (χ1v) is 9.15. The Morgan fingerprint density at radius 1 is 1.05 bits per heavy atom. The van der Waals surface area contributed by atoms with Gasteiger partial charge in [-0.25, -0.2) is 0 Å². The molecule has 1 saturated heterocycles. The lowest BCUT2D eigenvalue weighted by atomic mass is 9.73. The molecule has 0 aromatic carbocycles. The zero-order valence-electron chi connectivity index (χ0n) is 13.9. The molecule has 1 N–H and O–H groups in total. The van der Waals surface area contributed by atoms with E-state index in [0.717, 1.165) is 5.92 Å². The molecule has 1 atom stereocenters. The molecule has 0 bridgehead atoms. The molecule has 0 aromatic rings. The Balaban J connectivity index is 1.86. The summed E-state index contributed by atoms with van der Waals surface area (Å²) in [6.45, 7) is 7.63. The third kappa shape index (κ3) is 4.73. The molecule has 2 nitrogen and oxygen atoms in total. The van der Waals surface area contributed by atoms with Gasteiger partial charge in [-0.3, -0.25) is 0 Å². The number of hydrogen-bond donors (Lipinski definition) is 1. The highest BCUT2D eigenvalue weighted by molar-refractivity contribution is 4.88. The van der Waals surface area contributed by atoms with Gasteiger partial charge in [-0.1, -0.05) is 39.0 Å². The summed E-state index contributed by atoms with van der Waals surface area (Å²) in [6, 6.07) is 0. The van der Waals surface area contributed by atoms with Crippen molar-refractivity contribution in [3.8, 4) is 0 Å². The summed E-state index contributed by atoms with van der Waals surface area (Å²) in [5.74, 6) is 1.01. The first kappa shape index (κ1) is 16.3. The van der Waals surface area contributed by atoms with E-state index in [9.17, 15) is 0 Å². The maximum absolute atomic E-state index is 3.49. The van der Waals surface area contributed by atoms with E-state index in [1.165, 1.54) is 90.4 Å². The summed E-state index contributed by atoms with van der Waals surface area (Å²) in [5, 5.41) is 3.49.